The number of hydrogen-bond acceptors (Lipinski definition) is 5. The van der Waals surface area contributed by atoms with Crippen LogP contribution in [-0.2, 0) is 17.9 Å². The standard InChI is InChI=1S/C33H34N5O/c1-19-15-24-22-13-14-25(28-35-30(32(2,3)4)37-31(36-28)33(5,6)7)34-29(22)39-27(24)17-23(19)26-16-20-11-9-10-12-21(20)18-38(26)8/h9-18H,1-8H3/q+1. The Hall–Kier alpha value is -4.19. The molecule has 6 nitrogen and oxygen atoms in total. The van der Waals surface area contributed by atoms with Gasteiger partial charge in [0.25, 0.3) is 0 Å². The number of hydrogen-bond donors (Lipinski definition) is 0. The molecule has 0 N–H and O–H groups in total. The molecule has 6 aromatic rings. The number of rotatable bonds is 2. The Bertz CT molecular complexity index is 1870. The SMILES string of the molecule is Cc1cc2c(cc1-c1cc3ccccc3c[n+]1C)oc1nc(-c3nc(C(C)(C)C)nc(C(C)(C)C)n3)ccc12. The van der Waals surface area contributed by atoms with Gasteiger partial charge in [-0.25, -0.2) is 24.5 Å². The first-order valence-corrected chi connectivity index (χ1v) is 13.4. The molecular formula is C33H34N5O+. The molecule has 0 aliphatic heterocycles. The van der Waals surface area contributed by atoms with Crippen molar-refractivity contribution in [2.45, 2.75) is 59.3 Å². The maximum absolute atomic E-state index is 6.36. The highest BCUT2D eigenvalue weighted by atomic mass is 16.3. The Balaban J connectivity index is 1.50. The van der Waals surface area contributed by atoms with E-state index in [0.717, 1.165) is 39.3 Å². The molecular weight excluding hydrogens is 482 g/mol. The van der Waals surface area contributed by atoms with Gasteiger partial charge < -0.3 is 4.42 Å². The third-order valence-electron chi connectivity index (χ3n) is 7.17. The molecule has 0 saturated carbocycles. The highest BCUT2D eigenvalue weighted by molar-refractivity contribution is 6.05. The molecule has 0 atom stereocenters. The second-order valence-corrected chi connectivity index (χ2v) is 12.5. The Labute approximate surface area is 228 Å². The number of benzene rings is 2. The normalized spacial score (nSPS) is 12.6. The molecule has 0 unspecified atom stereocenters. The monoisotopic (exact) mass is 516 g/mol. The number of aromatic nitrogens is 5. The zero-order valence-corrected chi connectivity index (χ0v) is 23.9. The lowest BCUT2D eigenvalue weighted by atomic mass is 9.93. The lowest BCUT2D eigenvalue weighted by Crippen LogP contribution is -2.30. The van der Waals surface area contributed by atoms with Crippen LogP contribution in [0.3, 0.4) is 0 Å². The van der Waals surface area contributed by atoms with Gasteiger partial charge in [-0.3, -0.25) is 0 Å². The van der Waals surface area contributed by atoms with E-state index in [1.165, 1.54) is 16.3 Å². The minimum Gasteiger partial charge on any atom is -0.438 e. The van der Waals surface area contributed by atoms with Crippen LogP contribution in [0.5, 0.6) is 0 Å². The molecule has 0 aliphatic rings. The Kier molecular flexibility index (Phi) is 5.58. The summed E-state index contributed by atoms with van der Waals surface area (Å²) in [6.45, 7) is 14.8. The van der Waals surface area contributed by atoms with Gasteiger partial charge in [-0.1, -0.05) is 59.7 Å². The smallest absolute Gasteiger partial charge is 0.227 e. The van der Waals surface area contributed by atoms with E-state index >= 15 is 0 Å². The minimum atomic E-state index is -0.214. The highest BCUT2D eigenvalue weighted by Crippen LogP contribution is 2.35. The molecule has 0 aliphatic carbocycles. The predicted octanol–water partition coefficient (Wildman–Crippen LogP) is 7.38. The fourth-order valence-corrected chi connectivity index (χ4v) is 4.93. The molecule has 6 rings (SSSR count). The lowest BCUT2D eigenvalue weighted by molar-refractivity contribution is -0.659. The van der Waals surface area contributed by atoms with Crippen molar-refractivity contribution in [3.63, 3.8) is 0 Å². The predicted molar refractivity (Wildman–Crippen MR) is 157 cm³/mol. The van der Waals surface area contributed by atoms with Gasteiger partial charge >= 0.3 is 0 Å². The van der Waals surface area contributed by atoms with Crippen LogP contribution < -0.4 is 4.57 Å². The number of aryl methyl sites for hydroxylation is 2. The van der Waals surface area contributed by atoms with E-state index in [0.29, 0.717) is 17.2 Å². The summed E-state index contributed by atoms with van der Waals surface area (Å²) in [5, 5.41) is 4.45. The van der Waals surface area contributed by atoms with Gasteiger partial charge in [0, 0.05) is 33.1 Å². The Morgan fingerprint density at radius 1 is 0.718 bits per heavy atom. The highest BCUT2D eigenvalue weighted by Gasteiger charge is 2.26. The quantitative estimate of drug-likeness (QED) is 0.225. The molecule has 4 heterocycles. The summed E-state index contributed by atoms with van der Waals surface area (Å²) in [4.78, 5) is 19.3. The van der Waals surface area contributed by atoms with Crippen molar-refractivity contribution in [2.75, 3.05) is 0 Å². The van der Waals surface area contributed by atoms with Crippen LogP contribution in [-0.4, -0.2) is 19.9 Å². The third-order valence-corrected chi connectivity index (χ3v) is 7.17. The fraction of sp³-hybridized carbons (Fsp3) is 0.303. The van der Waals surface area contributed by atoms with Gasteiger partial charge in [-0.2, -0.15) is 0 Å². The average Bonchev–Trinajstić information content (AvgIpc) is 3.23. The van der Waals surface area contributed by atoms with Gasteiger partial charge in [-0.05, 0) is 48.2 Å². The van der Waals surface area contributed by atoms with E-state index in [-0.39, 0.29) is 10.8 Å². The first kappa shape index (κ1) is 25.1. The van der Waals surface area contributed by atoms with Gasteiger partial charge in [0.15, 0.2) is 12.0 Å². The minimum absolute atomic E-state index is 0.214. The van der Waals surface area contributed by atoms with E-state index in [1.807, 2.05) is 6.07 Å². The van der Waals surface area contributed by atoms with Crippen molar-refractivity contribution in [3.05, 3.63) is 78.0 Å². The van der Waals surface area contributed by atoms with Crippen LogP contribution in [0.25, 0.3) is 55.6 Å². The molecule has 4 aromatic heterocycles. The van der Waals surface area contributed by atoms with Crippen LogP contribution in [0.2, 0.25) is 0 Å². The lowest BCUT2D eigenvalue weighted by Gasteiger charge is -2.22. The van der Waals surface area contributed by atoms with E-state index in [2.05, 4.69) is 115 Å². The van der Waals surface area contributed by atoms with Crippen LogP contribution in [0, 0.1) is 6.92 Å². The number of nitrogens with zero attached hydrogens (tertiary/aromatic N) is 5. The first-order chi connectivity index (χ1) is 18.4. The summed E-state index contributed by atoms with van der Waals surface area (Å²) in [5.74, 6) is 2.09. The maximum atomic E-state index is 6.36. The van der Waals surface area contributed by atoms with E-state index in [9.17, 15) is 0 Å². The third kappa shape index (κ3) is 4.44. The summed E-state index contributed by atoms with van der Waals surface area (Å²) >= 11 is 0. The van der Waals surface area contributed by atoms with E-state index in [4.69, 9.17) is 24.4 Å². The van der Waals surface area contributed by atoms with Crippen LogP contribution in [0.15, 0.2) is 65.2 Å². The number of fused-ring (bicyclic) bond motifs is 4. The summed E-state index contributed by atoms with van der Waals surface area (Å²) < 4.78 is 8.54. The Morgan fingerprint density at radius 3 is 2.05 bits per heavy atom. The van der Waals surface area contributed by atoms with Crippen molar-refractivity contribution in [1.82, 2.24) is 19.9 Å². The van der Waals surface area contributed by atoms with Gasteiger partial charge in [0.2, 0.25) is 11.4 Å². The average molecular weight is 517 g/mol. The Morgan fingerprint density at radius 2 is 1.38 bits per heavy atom. The van der Waals surface area contributed by atoms with Gasteiger partial charge in [-0.15, -0.1) is 0 Å². The zero-order chi connectivity index (χ0) is 27.7. The number of furan rings is 1. The van der Waals surface area contributed by atoms with Crippen LogP contribution >= 0.6 is 0 Å². The first-order valence-electron chi connectivity index (χ1n) is 13.4. The largest absolute Gasteiger partial charge is 0.438 e. The van der Waals surface area contributed by atoms with Crippen molar-refractivity contribution in [1.29, 1.82) is 0 Å². The molecule has 0 saturated heterocycles. The summed E-state index contributed by atoms with van der Waals surface area (Å²) in [6.07, 6.45) is 2.17. The fourth-order valence-electron chi connectivity index (χ4n) is 4.93. The zero-order valence-electron chi connectivity index (χ0n) is 23.9. The van der Waals surface area contributed by atoms with Gasteiger partial charge in [0.1, 0.15) is 30.0 Å². The molecule has 0 amide bonds. The molecule has 0 fully saturated rings. The molecule has 0 spiro atoms. The van der Waals surface area contributed by atoms with Crippen molar-refractivity contribution >= 4 is 32.8 Å². The number of pyridine rings is 2. The van der Waals surface area contributed by atoms with Crippen LogP contribution in [0.1, 0.15) is 58.8 Å². The molecule has 39 heavy (non-hydrogen) atoms. The summed E-state index contributed by atoms with van der Waals surface area (Å²) in [6, 6.07) is 19.1. The molecule has 0 bridgehead atoms. The van der Waals surface area contributed by atoms with Crippen molar-refractivity contribution < 1.29 is 8.98 Å². The van der Waals surface area contributed by atoms with Crippen LogP contribution in [0.4, 0.5) is 0 Å². The van der Waals surface area contributed by atoms with Gasteiger partial charge in [0.05, 0.1) is 5.56 Å². The molecule has 196 valence electrons. The van der Waals surface area contributed by atoms with Crippen molar-refractivity contribution in [2.24, 2.45) is 7.05 Å². The molecule has 0 radical (unpaired) electrons. The second-order valence-electron chi connectivity index (χ2n) is 12.5. The van der Waals surface area contributed by atoms with Crippen molar-refractivity contribution in [3.8, 4) is 22.8 Å². The molecule has 2 aromatic carbocycles. The topological polar surface area (TPSA) is 68.6 Å². The molecule has 6 heteroatoms. The summed E-state index contributed by atoms with van der Waals surface area (Å²) in [5.41, 5.74) is 5.10. The maximum Gasteiger partial charge on any atom is 0.227 e. The van der Waals surface area contributed by atoms with E-state index < -0.39 is 0 Å². The summed E-state index contributed by atoms with van der Waals surface area (Å²) in [7, 11) is 2.09. The second kappa shape index (κ2) is 8.67. The van der Waals surface area contributed by atoms with E-state index in [1.54, 1.807) is 0 Å².